The lowest BCUT2D eigenvalue weighted by Crippen LogP contribution is -2.16. The SMILES string of the molecule is CC(C)(C)c1ccc(C(C)(C)C)c(-c2nc3c4ccccc4c4ccccc4c3o2)c1. The van der Waals surface area contributed by atoms with Crippen molar-refractivity contribution in [3.63, 3.8) is 0 Å². The highest BCUT2D eigenvalue weighted by molar-refractivity contribution is 6.22. The van der Waals surface area contributed by atoms with Gasteiger partial charge in [0.2, 0.25) is 5.89 Å². The summed E-state index contributed by atoms with van der Waals surface area (Å²) in [7, 11) is 0. The largest absolute Gasteiger partial charge is 0.435 e. The van der Waals surface area contributed by atoms with E-state index < -0.39 is 0 Å². The smallest absolute Gasteiger partial charge is 0.227 e. The lowest BCUT2D eigenvalue weighted by molar-refractivity contribution is 0.570. The van der Waals surface area contributed by atoms with Gasteiger partial charge in [0.1, 0.15) is 5.52 Å². The van der Waals surface area contributed by atoms with Gasteiger partial charge in [0.05, 0.1) is 0 Å². The van der Waals surface area contributed by atoms with Crippen LogP contribution in [-0.4, -0.2) is 4.98 Å². The average Bonchev–Trinajstić information content (AvgIpc) is 3.18. The van der Waals surface area contributed by atoms with Crippen LogP contribution in [0.3, 0.4) is 0 Å². The minimum atomic E-state index is -0.0173. The van der Waals surface area contributed by atoms with Gasteiger partial charge in [0.15, 0.2) is 5.58 Å². The predicted octanol–water partition coefficient (Wildman–Crippen LogP) is 8.40. The van der Waals surface area contributed by atoms with Gasteiger partial charge in [-0.25, -0.2) is 4.98 Å². The van der Waals surface area contributed by atoms with E-state index in [0.29, 0.717) is 5.89 Å². The van der Waals surface area contributed by atoms with E-state index in [1.165, 1.54) is 21.9 Å². The monoisotopic (exact) mass is 407 g/mol. The molecule has 2 heteroatoms. The van der Waals surface area contributed by atoms with Crippen molar-refractivity contribution >= 4 is 32.6 Å². The summed E-state index contributed by atoms with van der Waals surface area (Å²) in [6, 6.07) is 23.7. The molecule has 2 nitrogen and oxygen atoms in total. The highest BCUT2D eigenvalue weighted by Crippen LogP contribution is 2.40. The molecule has 0 N–H and O–H groups in total. The maximum absolute atomic E-state index is 6.57. The summed E-state index contributed by atoms with van der Waals surface area (Å²) >= 11 is 0. The van der Waals surface area contributed by atoms with Crippen LogP contribution < -0.4 is 0 Å². The van der Waals surface area contributed by atoms with Gasteiger partial charge in [0.25, 0.3) is 0 Å². The van der Waals surface area contributed by atoms with Crippen LogP contribution in [-0.2, 0) is 10.8 Å². The molecule has 4 aromatic carbocycles. The standard InChI is InChI=1S/C29H29NO/c1-28(2,3)18-15-16-24(29(4,5)6)23(17-18)27-30-25-21-13-9-7-11-19(21)20-12-8-10-14-22(20)26(25)31-27/h7-17H,1-6H3. The average molecular weight is 408 g/mol. The van der Waals surface area contributed by atoms with Crippen LogP contribution in [0, 0.1) is 0 Å². The van der Waals surface area contributed by atoms with E-state index in [-0.39, 0.29) is 10.8 Å². The molecule has 0 aliphatic rings. The van der Waals surface area contributed by atoms with Crippen LogP contribution in [0.1, 0.15) is 52.7 Å². The van der Waals surface area contributed by atoms with Crippen molar-refractivity contribution < 1.29 is 4.42 Å². The molecule has 0 unspecified atom stereocenters. The first kappa shape index (κ1) is 19.8. The number of nitrogens with zero attached hydrogens (tertiary/aromatic N) is 1. The Morgan fingerprint density at radius 1 is 0.645 bits per heavy atom. The number of benzene rings is 4. The van der Waals surface area contributed by atoms with Crippen molar-refractivity contribution in [2.24, 2.45) is 0 Å². The summed E-state index contributed by atoms with van der Waals surface area (Å²) in [6.45, 7) is 13.5. The Kier molecular flexibility index (Phi) is 4.27. The fourth-order valence-electron chi connectivity index (χ4n) is 4.48. The first-order valence-electron chi connectivity index (χ1n) is 11.0. The Bertz CT molecular complexity index is 1370. The first-order valence-corrected chi connectivity index (χ1v) is 11.0. The third-order valence-electron chi connectivity index (χ3n) is 6.20. The molecule has 0 spiro atoms. The fourth-order valence-corrected chi connectivity index (χ4v) is 4.48. The molecule has 5 aromatic rings. The van der Waals surface area contributed by atoms with Gasteiger partial charge in [-0.3, -0.25) is 0 Å². The maximum Gasteiger partial charge on any atom is 0.227 e. The normalized spacial score (nSPS) is 12.8. The predicted molar refractivity (Wildman–Crippen MR) is 132 cm³/mol. The lowest BCUT2D eigenvalue weighted by atomic mass is 9.79. The van der Waals surface area contributed by atoms with E-state index in [1.54, 1.807) is 0 Å². The molecule has 0 radical (unpaired) electrons. The number of rotatable bonds is 1. The van der Waals surface area contributed by atoms with Crippen molar-refractivity contribution in [2.45, 2.75) is 52.4 Å². The topological polar surface area (TPSA) is 26.0 Å². The van der Waals surface area contributed by atoms with E-state index in [0.717, 1.165) is 27.4 Å². The third-order valence-corrected chi connectivity index (χ3v) is 6.20. The molecule has 0 bridgehead atoms. The van der Waals surface area contributed by atoms with Gasteiger partial charge < -0.3 is 4.42 Å². The molecule has 0 aliphatic carbocycles. The molecule has 1 heterocycles. The Balaban J connectivity index is 1.89. The first-order chi connectivity index (χ1) is 14.6. The van der Waals surface area contributed by atoms with Crippen LogP contribution in [0.4, 0.5) is 0 Å². The Labute approximate surface area is 183 Å². The molecule has 0 aliphatic heterocycles. The van der Waals surface area contributed by atoms with E-state index in [4.69, 9.17) is 9.40 Å². The van der Waals surface area contributed by atoms with Crippen LogP contribution in [0.15, 0.2) is 71.1 Å². The zero-order chi connectivity index (χ0) is 22.0. The fraction of sp³-hybridized carbons (Fsp3) is 0.276. The quantitative estimate of drug-likeness (QED) is 0.261. The minimum Gasteiger partial charge on any atom is -0.435 e. The van der Waals surface area contributed by atoms with Gasteiger partial charge >= 0.3 is 0 Å². The zero-order valence-electron chi connectivity index (χ0n) is 19.2. The van der Waals surface area contributed by atoms with Crippen molar-refractivity contribution in [2.75, 3.05) is 0 Å². The second-order valence-electron chi connectivity index (χ2n) is 10.5. The number of hydrogen-bond acceptors (Lipinski definition) is 2. The second kappa shape index (κ2) is 6.68. The molecule has 5 rings (SSSR count). The molecule has 0 saturated heterocycles. The van der Waals surface area contributed by atoms with Crippen molar-refractivity contribution in [3.05, 3.63) is 77.9 Å². The van der Waals surface area contributed by atoms with Crippen molar-refractivity contribution in [3.8, 4) is 11.5 Å². The van der Waals surface area contributed by atoms with Gasteiger partial charge in [-0.15, -0.1) is 0 Å². The lowest BCUT2D eigenvalue weighted by Gasteiger charge is -2.25. The summed E-state index contributed by atoms with van der Waals surface area (Å²) in [4.78, 5) is 5.09. The Morgan fingerprint density at radius 3 is 1.84 bits per heavy atom. The second-order valence-corrected chi connectivity index (χ2v) is 10.5. The molecule has 1 aromatic heterocycles. The Morgan fingerprint density at radius 2 is 1.23 bits per heavy atom. The highest BCUT2D eigenvalue weighted by Gasteiger charge is 2.25. The molecule has 156 valence electrons. The molecule has 0 atom stereocenters. The molecule has 0 fully saturated rings. The Hall–Kier alpha value is -3.13. The number of oxazole rings is 1. The molecule has 0 amide bonds. The third kappa shape index (κ3) is 3.22. The maximum atomic E-state index is 6.57. The van der Waals surface area contributed by atoms with E-state index in [9.17, 15) is 0 Å². The molecule has 31 heavy (non-hydrogen) atoms. The molecular weight excluding hydrogens is 378 g/mol. The van der Waals surface area contributed by atoms with Gasteiger partial charge in [0, 0.05) is 16.3 Å². The van der Waals surface area contributed by atoms with Crippen LogP contribution in [0.25, 0.3) is 44.1 Å². The minimum absolute atomic E-state index is 0.0173. The van der Waals surface area contributed by atoms with Gasteiger partial charge in [-0.1, -0.05) is 102 Å². The summed E-state index contributed by atoms with van der Waals surface area (Å²) in [5.41, 5.74) is 5.46. The molecular formula is C29H29NO. The van der Waals surface area contributed by atoms with E-state index in [1.807, 2.05) is 0 Å². The van der Waals surface area contributed by atoms with Gasteiger partial charge in [-0.05, 0) is 38.8 Å². The van der Waals surface area contributed by atoms with E-state index >= 15 is 0 Å². The summed E-state index contributed by atoms with van der Waals surface area (Å²) in [5, 5.41) is 4.66. The summed E-state index contributed by atoms with van der Waals surface area (Å²) < 4.78 is 6.57. The zero-order valence-corrected chi connectivity index (χ0v) is 19.2. The van der Waals surface area contributed by atoms with Crippen molar-refractivity contribution in [1.29, 1.82) is 0 Å². The van der Waals surface area contributed by atoms with Crippen LogP contribution in [0.2, 0.25) is 0 Å². The van der Waals surface area contributed by atoms with Crippen molar-refractivity contribution in [1.82, 2.24) is 4.98 Å². The van der Waals surface area contributed by atoms with Crippen LogP contribution >= 0.6 is 0 Å². The summed E-state index contributed by atoms with van der Waals surface area (Å²) in [6.07, 6.45) is 0. The van der Waals surface area contributed by atoms with Gasteiger partial charge in [-0.2, -0.15) is 0 Å². The summed E-state index contributed by atoms with van der Waals surface area (Å²) in [5.74, 6) is 0.701. The number of aromatic nitrogens is 1. The van der Waals surface area contributed by atoms with E-state index in [2.05, 4.69) is 108 Å². The highest BCUT2D eigenvalue weighted by atomic mass is 16.3. The molecule has 0 saturated carbocycles. The van der Waals surface area contributed by atoms with Crippen LogP contribution in [0.5, 0.6) is 0 Å². The number of hydrogen-bond donors (Lipinski definition) is 0. The number of fused-ring (bicyclic) bond motifs is 6.